The van der Waals surface area contributed by atoms with Crippen LogP contribution in [-0.4, -0.2) is 19.7 Å². The highest BCUT2D eigenvalue weighted by molar-refractivity contribution is 5.72. The largest absolute Gasteiger partial charge is 0.495 e. The van der Waals surface area contributed by atoms with Crippen molar-refractivity contribution in [2.45, 2.75) is 26.7 Å². The molecule has 0 radical (unpaired) electrons. The average molecular weight is 251 g/mol. The zero-order valence-corrected chi connectivity index (χ0v) is 11.2. The molecular weight excluding hydrogens is 230 g/mol. The molecular formula is C14H21NO3. The molecule has 2 N–H and O–H groups in total. The number of benzene rings is 1. The molecule has 0 fully saturated rings. The normalized spacial score (nSPS) is 11.9. The summed E-state index contributed by atoms with van der Waals surface area (Å²) in [5.74, 6) is 0.398. The van der Waals surface area contributed by atoms with Crippen molar-refractivity contribution >= 4 is 11.7 Å². The summed E-state index contributed by atoms with van der Waals surface area (Å²) in [5.41, 5.74) is 7.46. The second-order valence-electron chi connectivity index (χ2n) is 4.14. The van der Waals surface area contributed by atoms with Gasteiger partial charge in [0.1, 0.15) is 5.75 Å². The second-order valence-corrected chi connectivity index (χ2v) is 4.14. The van der Waals surface area contributed by atoms with Crippen LogP contribution >= 0.6 is 0 Å². The van der Waals surface area contributed by atoms with Gasteiger partial charge in [-0.15, -0.1) is 0 Å². The number of esters is 1. The second kappa shape index (κ2) is 6.89. The lowest BCUT2D eigenvalue weighted by Gasteiger charge is -2.14. The maximum atomic E-state index is 11.7. The Kier molecular flexibility index (Phi) is 5.49. The number of ether oxygens (including phenoxy) is 2. The Balaban J connectivity index is 2.76. The first-order chi connectivity index (χ1) is 8.62. The third-order valence-corrected chi connectivity index (χ3v) is 2.89. The number of carbonyl (C=O) groups excluding carboxylic acids is 1. The Bertz CT molecular complexity index is 404. The molecule has 0 aliphatic heterocycles. The molecule has 1 aromatic rings. The Morgan fingerprint density at radius 3 is 2.61 bits per heavy atom. The summed E-state index contributed by atoms with van der Waals surface area (Å²) in [6.45, 7) is 4.21. The van der Waals surface area contributed by atoms with Crippen molar-refractivity contribution in [3.63, 3.8) is 0 Å². The van der Waals surface area contributed by atoms with Crippen LogP contribution in [0.1, 0.15) is 25.8 Å². The molecule has 0 saturated heterocycles. The van der Waals surface area contributed by atoms with Gasteiger partial charge in [-0.3, -0.25) is 4.79 Å². The lowest BCUT2D eigenvalue weighted by molar-refractivity contribution is -0.148. The zero-order valence-electron chi connectivity index (χ0n) is 11.2. The van der Waals surface area contributed by atoms with E-state index in [1.54, 1.807) is 7.11 Å². The minimum atomic E-state index is -0.144. The summed E-state index contributed by atoms with van der Waals surface area (Å²) in [6, 6.07) is 5.60. The van der Waals surface area contributed by atoms with Crippen LogP contribution in [0.25, 0.3) is 0 Å². The average Bonchev–Trinajstić information content (AvgIpc) is 2.36. The zero-order chi connectivity index (χ0) is 13.5. The molecule has 1 unspecified atom stereocenters. The van der Waals surface area contributed by atoms with Crippen molar-refractivity contribution in [2.75, 3.05) is 19.5 Å². The predicted octanol–water partition coefficient (Wildman–Crippen LogP) is 2.41. The number of hydrogen-bond donors (Lipinski definition) is 1. The van der Waals surface area contributed by atoms with E-state index in [-0.39, 0.29) is 11.9 Å². The molecule has 0 saturated carbocycles. The van der Waals surface area contributed by atoms with Crippen molar-refractivity contribution < 1.29 is 14.3 Å². The maximum Gasteiger partial charge on any atom is 0.309 e. The lowest BCUT2D eigenvalue weighted by Crippen LogP contribution is -2.19. The first-order valence-electron chi connectivity index (χ1n) is 6.21. The molecule has 4 nitrogen and oxygen atoms in total. The monoisotopic (exact) mass is 251 g/mol. The first-order valence-corrected chi connectivity index (χ1v) is 6.21. The van der Waals surface area contributed by atoms with E-state index in [0.717, 1.165) is 12.0 Å². The number of hydrogen-bond acceptors (Lipinski definition) is 4. The van der Waals surface area contributed by atoms with E-state index < -0.39 is 0 Å². The van der Waals surface area contributed by atoms with Crippen LogP contribution in [-0.2, 0) is 16.0 Å². The number of rotatable bonds is 6. The summed E-state index contributed by atoms with van der Waals surface area (Å²) in [7, 11) is 1.58. The summed E-state index contributed by atoms with van der Waals surface area (Å²) < 4.78 is 10.1. The Labute approximate surface area is 108 Å². The molecule has 100 valence electrons. The van der Waals surface area contributed by atoms with Gasteiger partial charge in [0, 0.05) is 0 Å². The standard InChI is InChI=1S/C14H21NO3/c1-4-11(14(16)18-5-2)8-10-6-7-13(17-3)12(15)9-10/h6-7,9,11H,4-5,8,15H2,1-3H3. The fraction of sp³-hybridized carbons (Fsp3) is 0.500. The quantitative estimate of drug-likeness (QED) is 0.623. The van der Waals surface area contributed by atoms with Crippen molar-refractivity contribution in [1.29, 1.82) is 0 Å². The summed E-state index contributed by atoms with van der Waals surface area (Å²) in [5, 5.41) is 0. The fourth-order valence-corrected chi connectivity index (χ4v) is 1.85. The van der Waals surface area contributed by atoms with E-state index in [1.807, 2.05) is 32.0 Å². The van der Waals surface area contributed by atoms with Gasteiger partial charge in [-0.1, -0.05) is 13.0 Å². The molecule has 0 spiro atoms. The number of anilines is 1. The van der Waals surface area contributed by atoms with Crippen molar-refractivity contribution in [3.05, 3.63) is 23.8 Å². The van der Waals surface area contributed by atoms with Gasteiger partial charge in [0.15, 0.2) is 0 Å². The third-order valence-electron chi connectivity index (χ3n) is 2.89. The number of nitrogens with two attached hydrogens (primary N) is 1. The highest BCUT2D eigenvalue weighted by Gasteiger charge is 2.18. The number of carbonyl (C=O) groups is 1. The minimum absolute atomic E-state index is 0.113. The van der Waals surface area contributed by atoms with Crippen molar-refractivity contribution in [3.8, 4) is 5.75 Å². The van der Waals surface area contributed by atoms with Crippen LogP contribution in [0.4, 0.5) is 5.69 Å². The summed E-state index contributed by atoms with van der Waals surface area (Å²) >= 11 is 0. The van der Waals surface area contributed by atoms with E-state index in [4.69, 9.17) is 15.2 Å². The van der Waals surface area contributed by atoms with Crippen molar-refractivity contribution in [1.82, 2.24) is 0 Å². The molecule has 0 amide bonds. The van der Waals surface area contributed by atoms with E-state index >= 15 is 0 Å². The Morgan fingerprint density at radius 2 is 2.11 bits per heavy atom. The van der Waals surface area contributed by atoms with Gasteiger partial charge in [0.05, 0.1) is 25.3 Å². The maximum absolute atomic E-state index is 11.7. The molecule has 0 heterocycles. The van der Waals surface area contributed by atoms with Gasteiger partial charge in [-0.25, -0.2) is 0 Å². The van der Waals surface area contributed by atoms with Crippen LogP contribution in [0.2, 0.25) is 0 Å². The molecule has 0 aliphatic carbocycles. The molecule has 0 aromatic heterocycles. The Hall–Kier alpha value is -1.71. The summed E-state index contributed by atoms with van der Waals surface area (Å²) in [4.78, 5) is 11.7. The smallest absolute Gasteiger partial charge is 0.309 e. The van der Waals surface area contributed by atoms with Crippen LogP contribution < -0.4 is 10.5 Å². The minimum Gasteiger partial charge on any atom is -0.495 e. The van der Waals surface area contributed by atoms with Crippen LogP contribution in [0.15, 0.2) is 18.2 Å². The molecule has 1 aromatic carbocycles. The third kappa shape index (κ3) is 3.65. The topological polar surface area (TPSA) is 61.5 Å². The van der Waals surface area contributed by atoms with Crippen LogP contribution in [0.3, 0.4) is 0 Å². The van der Waals surface area contributed by atoms with Gasteiger partial charge < -0.3 is 15.2 Å². The van der Waals surface area contributed by atoms with Gasteiger partial charge in [-0.05, 0) is 37.5 Å². The highest BCUT2D eigenvalue weighted by atomic mass is 16.5. The van der Waals surface area contributed by atoms with Crippen molar-refractivity contribution in [2.24, 2.45) is 5.92 Å². The SMILES string of the molecule is CCOC(=O)C(CC)Cc1ccc(OC)c(N)c1. The van der Waals surface area contributed by atoms with Gasteiger partial charge in [0.25, 0.3) is 0 Å². The predicted molar refractivity (Wildman–Crippen MR) is 71.5 cm³/mol. The Morgan fingerprint density at radius 1 is 1.39 bits per heavy atom. The number of methoxy groups -OCH3 is 1. The van der Waals surface area contributed by atoms with Crippen LogP contribution in [0, 0.1) is 5.92 Å². The highest BCUT2D eigenvalue weighted by Crippen LogP contribution is 2.24. The van der Waals surface area contributed by atoms with E-state index in [0.29, 0.717) is 24.5 Å². The summed E-state index contributed by atoms with van der Waals surface area (Å²) in [6.07, 6.45) is 1.40. The molecule has 1 rings (SSSR count). The molecule has 1 atom stereocenters. The van der Waals surface area contributed by atoms with Crippen LogP contribution in [0.5, 0.6) is 5.75 Å². The van der Waals surface area contributed by atoms with E-state index in [1.165, 1.54) is 0 Å². The van der Waals surface area contributed by atoms with Gasteiger partial charge in [0.2, 0.25) is 0 Å². The first kappa shape index (κ1) is 14.4. The molecule has 0 bridgehead atoms. The number of nitrogen functional groups attached to an aromatic ring is 1. The fourth-order valence-electron chi connectivity index (χ4n) is 1.85. The van der Waals surface area contributed by atoms with Gasteiger partial charge >= 0.3 is 5.97 Å². The molecule has 4 heteroatoms. The molecule has 18 heavy (non-hydrogen) atoms. The van der Waals surface area contributed by atoms with Gasteiger partial charge in [-0.2, -0.15) is 0 Å². The lowest BCUT2D eigenvalue weighted by atomic mass is 9.96. The van der Waals surface area contributed by atoms with E-state index in [9.17, 15) is 4.79 Å². The van der Waals surface area contributed by atoms with E-state index in [2.05, 4.69) is 0 Å². The molecule has 0 aliphatic rings.